The minimum atomic E-state index is -0.716. The number of hydrogen-bond donors (Lipinski definition) is 1. The van der Waals surface area contributed by atoms with E-state index in [0.717, 1.165) is 4.90 Å². The summed E-state index contributed by atoms with van der Waals surface area (Å²) in [6.07, 6.45) is 2.71. The van der Waals surface area contributed by atoms with E-state index in [1.807, 2.05) is 0 Å². The molecule has 3 amide bonds. The second kappa shape index (κ2) is 8.95. The van der Waals surface area contributed by atoms with Gasteiger partial charge in [0.1, 0.15) is 18.1 Å². The molecule has 31 heavy (non-hydrogen) atoms. The molecule has 0 saturated carbocycles. The van der Waals surface area contributed by atoms with Gasteiger partial charge < -0.3 is 19.2 Å². The molecule has 0 bridgehead atoms. The number of benzene rings is 1. The summed E-state index contributed by atoms with van der Waals surface area (Å²) in [5.41, 5.74) is -0.169. The zero-order chi connectivity index (χ0) is 22.5. The number of nitro groups is 1. The summed E-state index contributed by atoms with van der Waals surface area (Å²) in [4.78, 5) is 48.0. The average Bonchev–Trinajstić information content (AvgIpc) is 3.32. The number of nitrogens with zero attached hydrogens (tertiary/aromatic N) is 2. The van der Waals surface area contributed by atoms with E-state index >= 15 is 0 Å². The Kier molecular flexibility index (Phi) is 6.15. The van der Waals surface area contributed by atoms with Crippen LogP contribution in [0.3, 0.4) is 0 Å². The first-order valence-electron chi connectivity index (χ1n) is 8.88. The van der Waals surface area contributed by atoms with Crippen molar-refractivity contribution in [2.75, 3.05) is 13.7 Å². The van der Waals surface area contributed by atoms with Gasteiger partial charge in [0.05, 0.1) is 18.6 Å². The molecule has 11 nitrogen and oxygen atoms in total. The molecule has 160 valence electrons. The van der Waals surface area contributed by atoms with Crippen LogP contribution < -0.4 is 10.1 Å². The number of amides is 3. The number of ether oxygens (including phenoxy) is 2. The molecule has 11 heteroatoms. The van der Waals surface area contributed by atoms with Crippen LogP contribution in [0.4, 0.5) is 10.5 Å². The Hall–Kier alpha value is -4.41. The van der Waals surface area contributed by atoms with Crippen LogP contribution in [0.15, 0.2) is 53.1 Å². The monoisotopic (exact) mass is 427 g/mol. The molecular formula is C20H17N3O8. The summed E-state index contributed by atoms with van der Waals surface area (Å²) in [7, 11) is 1.19. The lowest BCUT2D eigenvalue weighted by Gasteiger charge is -2.09. The lowest BCUT2D eigenvalue weighted by molar-refractivity contribution is -0.385. The van der Waals surface area contributed by atoms with Gasteiger partial charge in [-0.2, -0.15) is 0 Å². The molecule has 0 atom stereocenters. The molecule has 0 spiro atoms. The zero-order valence-electron chi connectivity index (χ0n) is 16.3. The van der Waals surface area contributed by atoms with E-state index in [1.165, 1.54) is 49.6 Å². The molecule has 3 rings (SSSR count). The standard InChI is InChI=1S/C20H17N3O8/c1-3-9-30-17-12(5-4-6-15(17)23(27)28)10-14-18(24)22(20(26)21-14)11-13-7-8-16(31-13)19(25)29-2/h3-8,10H,1,9,11H2,2H3,(H,21,26). The maximum atomic E-state index is 12.7. The van der Waals surface area contributed by atoms with E-state index < -0.39 is 22.8 Å². The predicted molar refractivity (Wildman–Crippen MR) is 106 cm³/mol. The predicted octanol–water partition coefficient (Wildman–Crippen LogP) is 2.63. The quantitative estimate of drug-likeness (QED) is 0.169. The second-order valence-corrected chi connectivity index (χ2v) is 6.19. The van der Waals surface area contributed by atoms with Crippen LogP contribution in [-0.4, -0.2) is 41.4 Å². The van der Waals surface area contributed by atoms with Gasteiger partial charge in [0.2, 0.25) is 11.5 Å². The number of furan rings is 1. The Morgan fingerprint density at radius 2 is 2.10 bits per heavy atom. The fourth-order valence-corrected chi connectivity index (χ4v) is 2.80. The summed E-state index contributed by atoms with van der Waals surface area (Å²) in [6, 6.07) is 6.29. The number of methoxy groups -OCH3 is 1. The maximum absolute atomic E-state index is 12.7. The fraction of sp³-hybridized carbons (Fsp3) is 0.150. The lowest BCUT2D eigenvalue weighted by atomic mass is 10.1. The zero-order valence-corrected chi connectivity index (χ0v) is 16.3. The molecule has 1 aliphatic heterocycles. The van der Waals surface area contributed by atoms with Gasteiger partial charge in [0, 0.05) is 11.6 Å². The minimum absolute atomic E-state index is 0.00841. The Morgan fingerprint density at radius 3 is 2.77 bits per heavy atom. The van der Waals surface area contributed by atoms with Crippen molar-refractivity contribution in [3.05, 3.63) is 75.9 Å². The van der Waals surface area contributed by atoms with E-state index in [4.69, 9.17) is 9.15 Å². The van der Waals surface area contributed by atoms with Gasteiger partial charge in [-0.1, -0.05) is 24.8 Å². The van der Waals surface area contributed by atoms with Crippen molar-refractivity contribution in [1.29, 1.82) is 0 Å². The van der Waals surface area contributed by atoms with Gasteiger partial charge in [-0.3, -0.25) is 19.8 Å². The first kappa shape index (κ1) is 21.3. The summed E-state index contributed by atoms with van der Waals surface area (Å²) < 4.78 is 15.2. The van der Waals surface area contributed by atoms with Crippen LogP contribution in [0.25, 0.3) is 6.08 Å². The minimum Gasteiger partial charge on any atom is -0.482 e. The molecule has 2 heterocycles. The summed E-state index contributed by atoms with van der Waals surface area (Å²) in [6.45, 7) is 3.29. The van der Waals surface area contributed by atoms with Crippen molar-refractivity contribution in [3.63, 3.8) is 0 Å². The number of carbonyl (C=O) groups is 3. The highest BCUT2D eigenvalue weighted by Gasteiger charge is 2.35. The summed E-state index contributed by atoms with van der Waals surface area (Å²) >= 11 is 0. The third-order valence-electron chi connectivity index (χ3n) is 4.19. The molecule has 1 aromatic heterocycles. The lowest BCUT2D eigenvalue weighted by Crippen LogP contribution is -2.30. The molecule has 1 aromatic carbocycles. The van der Waals surface area contributed by atoms with Crippen LogP contribution in [0.2, 0.25) is 0 Å². The highest BCUT2D eigenvalue weighted by molar-refractivity contribution is 6.14. The highest BCUT2D eigenvalue weighted by Crippen LogP contribution is 2.33. The number of carbonyl (C=O) groups excluding carboxylic acids is 3. The van der Waals surface area contributed by atoms with Crippen molar-refractivity contribution in [3.8, 4) is 5.75 Å². The normalized spacial score (nSPS) is 14.5. The number of urea groups is 1. The number of hydrogen-bond acceptors (Lipinski definition) is 8. The largest absolute Gasteiger partial charge is 0.482 e. The smallest absolute Gasteiger partial charge is 0.373 e. The Balaban J connectivity index is 1.87. The SMILES string of the molecule is C=CCOc1c(C=C2NC(=O)N(Cc3ccc(C(=O)OC)o3)C2=O)cccc1[N+](=O)[O-]. The van der Waals surface area contributed by atoms with Crippen LogP contribution in [0, 0.1) is 10.1 Å². The second-order valence-electron chi connectivity index (χ2n) is 6.19. The molecule has 0 aliphatic carbocycles. The Bertz CT molecular complexity index is 1100. The van der Waals surface area contributed by atoms with E-state index in [0.29, 0.717) is 0 Å². The Labute approximate surface area is 175 Å². The van der Waals surface area contributed by atoms with E-state index in [9.17, 15) is 24.5 Å². The molecule has 1 fully saturated rings. The maximum Gasteiger partial charge on any atom is 0.373 e. The molecule has 0 radical (unpaired) electrons. The number of para-hydroxylation sites is 1. The first-order valence-corrected chi connectivity index (χ1v) is 8.88. The van der Waals surface area contributed by atoms with Crippen LogP contribution in [0.5, 0.6) is 5.75 Å². The van der Waals surface area contributed by atoms with Gasteiger partial charge in [-0.05, 0) is 18.2 Å². The number of nitro benzene ring substituents is 1. The van der Waals surface area contributed by atoms with E-state index in [2.05, 4.69) is 16.6 Å². The summed E-state index contributed by atoms with van der Waals surface area (Å²) in [5.74, 6) is -1.31. The van der Waals surface area contributed by atoms with Gasteiger partial charge in [0.25, 0.3) is 5.91 Å². The van der Waals surface area contributed by atoms with Crippen molar-refractivity contribution in [1.82, 2.24) is 10.2 Å². The van der Waals surface area contributed by atoms with Crippen molar-refractivity contribution in [2.24, 2.45) is 0 Å². The van der Waals surface area contributed by atoms with Gasteiger partial charge >= 0.3 is 17.7 Å². The number of imide groups is 1. The molecule has 2 aromatic rings. The van der Waals surface area contributed by atoms with Crippen molar-refractivity contribution in [2.45, 2.75) is 6.54 Å². The molecular weight excluding hydrogens is 410 g/mol. The first-order chi connectivity index (χ1) is 14.8. The highest BCUT2D eigenvalue weighted by atomic mass is 16.6. The van der Waals surface area contributed by atoms with Crippen molar-refractivity contribution >= 4 is 29.7 Å². The van der Waals surface area contributed by atoms with E-state index in [1.54, 1.807) is 0 Å². The molecule has 1 aliphatic rings. The number of nitrogens with one attached hydrogen (secondary N) is 1. The van der Waals surface area contributed by atoms with Gasteiger partial charge in [0.15, 0.2) is 0 Å². The van der Waals surface area contributed by atoms with Gasteiger partial charge in [-0.25, -0.2) is 9.59 Å². The number of esters is 1. The van der Waals surface area contributed by atoms with E-state index in [-0.39, 0.29) is 47.4 Å². The third kappa shape index (κ3) is 4.45. The van der Waals surface area contributed by atoms with Crippen LogP contribution in [-0.2, 0) is 16.1 Å². The Morgan fingerprint density at radius 1 is 1.32 bits per heavy atom. The molecule has 0 unspecified atom stereocenters. The molecule has 1 N–H and O–H groups in total. The molecule has 1 saturated heterocycles. The third-order valence-corrected chi connectivity index (χ3v) is 4.19. The van der Waals surface area contributed by atoms with Crippen molar-refractivity contribution < 1.29 is 33.2 Å². The van der Waals surface area contributed by atoms with Crippen LogP contribution >= 0.6 is 0 Å². The van der Waals surface area contributed by atoms with Crippen LogP contribution in [0.1, 0.15) is 21.9 Å². The number of rotatable bonds is 8. The fourth-order valence-electron chi connectivity index (χ4n) is 2.80. The average molecular weight is 427 g/mol. The topological polar surface area (TPSA) is 141 Å². The van der Waals surface area contributed by atoms with Gasteiger partial charge in [-0.15, -0.1) is 0 Å². The summed E-state index contributed by atoms with van der Waals surface area (Å²) in [5, 5.41) is 13.7.